The number of halogens is 1. The van der Waals surface area contributed by atoms with Crippen LogP contribution in [0.5, 0.6) is 0 Å². The van der Waals surface area contributed by atoms with Gasteiger partial charge in [0.2, 0.25) is 0 Å². The fraction of sp³-hybridized carbons (Fsp3) is 0.500. The van der Waals surface area contributed by atoms with Crippen LogP contribution in [0.1, 0.15) is 24.5 Å². The molecule has 0 aliphatic carbocycles. The van der Waals surface area contributed by atoms with E-state index in [0.29, 0.717) is 12.5 Å². The fourth-order valence-corrected chi connectivity index (χ4v) is 3.02. The largest absolute Gasteiger partial charge is 0.368 e. The molecular weight excluding hydrogens is 294 g/mol. The number of hydrogen-bond acceptors (Lipinski definition) is 2. The van der Waals surface area contributed by atoms with Crippen molar-refractivity contribution in [3.8, 4) is 0 Å². The van der Waals surface area contributed by atoms with E-state index in [1.165, 1.54) is 0 Å². The quantitative estimate of drug-likeness (QED) is 0.908. The van der Waals surface area contributed by atoms with Crippen LogP contribution in [-0.4, -0.2) is 18.6 Å². The van der Waals surface area contributed by atoms with Gasteiger partial charge < -0.3 is 10.1 Å². The first-order valence-corrected chi connectivity index (χ1v) is 6.97. The van der Waals surface area contributed by atoms with Gasteiger partial charge in [0.1, 0.15) is 6.10 Å². The average Bonchev–Trinajstić information content (AvgIpc) is 2.69. The molecule has 0 aromatic heterocycles. The Hall–Kier alpha value is -0.870. The Morgan fingerprint density at radius 1 is 1.39 bits per heavy atom. The fourth-order valence-electron chi connectivity index (χ4n) is 2.33. The van der Waals surface area contributed by atoms with Gasteiger partial charge in [0.05, 0.1) is 0 Å². The molecule has 0 radical (unpaired) electrons. The van der Waals surface area contributed by atoms with Crippen molar-refractivity contribution in [2.24, 2.45) is 5.92 Å². The van der Waals surface area contributed by atoms with Crippen molar-refractivity contribution in [1.82, 2.24) is 0 Å². The van der Waals surface area contributed by atoms with Crippen molar-refractivity contribution in [3.05, 3.63) is 27.7 Å². The van der Waals surface area contributed by atoms with Crippen LogP contribution in [0.15, 0.2) is 16.6 Å². The Morgan fingerprint density at radius 2 is 2.00 bits per heavy atom. The zero-order chi connectivity index (χ0) is 13.3. The number of nitrogens with one attached hydrogen (secondary N) is 1. The van der Waals surface area contributed by atoms with E-state index in [-0.39, 0.29) is 12.0 Å². The summed E-state index contributed by atoms with van der Waals surface area (Å²) in [4.78, 5) is 12.2. The molecule has 2 unspecified atom stereocenters. The van der Waals surface area contributed by atoms with Crippen LogP contribution >= 0.6 is 15.9 Å². The van der Waals surface area contributed by atoms with Crippen molar-refractivity contribution >= 4 is 27.5 Å². The lowest BCUT2D eigenvalue weighted by Gasteiger charge is -2.17. The maximum Gasteiger partial charge on any atom is 0.253 e. The molecule has 18 heavy (non-hydrogen) atoms. The van der Waals surface area contributed by atoms with Gasteiger partial charge in [-0.25, -0.2) is 0 Å². The summed E-state index contributed by atoms with van der Waals surface area (Å²) in [5.74, 6) is 0.259. The van der Waals surface area contributed by atoms with Crippen molar-refractivity contribution in [2.45, 2.75) is 33.3 Å². The molecule has 98 valence electrons. The number of rotatable bonds is 2. The molecule has 4 heteroatoms. The molecule has 1 N–H and O–H groups in total. The second-order valence-electron chi connectivity index (χ2n) is 4.96. The zero-order valence-electron chi connectivity index (χ0n) is 10.9. The van der Waals surface area contributed by atoms with E-state index in [4.69, 9.17) is 4.74 Å². The van der Waals surface area contributed by atoms with Crippen LogP contribution in [0.3, 0.4) is 0 Å². The van der Waals surface area contributed by atoms with Crippen molar-refractivity contribution in [3.63, 3.8) is 0 Å². The third-order valence-corrected chi connectivity index (χ3v) is 3.85. The zero-order valence-corrected chi connectivity index (χ0v) is 12.5. The minimum Gasteiger partial charge on any atom is -0.368 e. The van der Waals surface area contributed by atoms with Crippen LogP contribution in [0, 0.1) is 19.8 Å². The van der Waals surface area contributed by atoms with E-state index in [2.05, 4.69) is 28.2 Å². The summed E-state index contributed by atoms with van der Waals surface area (Å²) in [6.45, 7) is 6.72. The summed E-state index contributed by atoms with van der Waals surface area (Å²) >= 11 is 3.45. The van der Waals surface area contributed by atoms with Gasteiger partial charge in [-0.05, 0) is 49.4 Å². The van der Waals surface area contributed by atoms with E-state index < -0.39 is 0 Å². The minimum atomic E-state index is -0.313. The smallest absolute Gasteiger partial charge is 0.253 e. The maximum atomic E-state index is 12.2. The Balaban J connectivity index is 2.17. The Kier molecular flexibility index (Phi) is 4.07. The van der Waals surface area contributed by atoms with Crippen molar-refractivity contribution in [1.29, 1.82) is 0 Å². The molecule has 0 spiro atoms. The molecule has 3 nitrogen and oxygen atoms in total. The van der Waals surface area contributed by atoms with E-state index in [1.54, 1.807) is 0 Å². The predicted octanol–water partition coefficient (Wildman–Crippen LogP) is 3.43. The van der Waals surface area contributed by atoms with Gasteiger partial charge in [-0.15, -0.1) is 0 Å². The summed E-state index contributed by atoms with van der Waals surface area (Å²) in [6.07, 6.45) is 0.642. The van der Waals surface area contributed by atoms with Gasteiger partial charge in [-0.1, -0.05) is 22.9 Å². The Bertz CT molecular complexity index is 450. The van der Waals surface area contributed by atoms with Crippen LogP contribution in [-0.2, 0) is 9.53 Å². The standard InChI is InChI=1S/C14H18BrNO2/c1-8-4-5-18-13(8)14(17)16-12-9(2)6-11(15)7-10(12)3/h6-8,13H,4-5H2,1-3H3,(H,16,17). The van der Waals surface area contributed by atoms with Crippen LogP contribution in [0.2, 0.25) is 0 Å². The molecule has 1 fully saturated rings. The molecule has 2 rings (SSSR count). The summed E-state index contributed by atoms with van der Waals surface area (Å²) in [5.41, 5.74) is 3.01. The first kappa shape index (κ1) is 13.6. The van der Waals surface area contributed by atoms with E-state index in [9.17, 15) is 4.79 Å². The van der Waals surface area contributed by atoms with E-state index in [0.717, 1.165) is 27.7 Å². The van der Waals surface area contributed by atoms with Gasteiger partial charge in [-0.2, -0.15) is 0 Å². The SMILES string of the molecule is Cc1cc(Br)cc(C)c1NC(=O)C1OCCC1C. The lowest BCUT2D eigenvalue weighted by Crippen LogP contribution is -2.31. The monoisotopic (exact) mass is 311 g/mol. The number of aryl methyl sites for hydroxylation is 2. The molecule has 0 saturated carbocycles. The van der Waals surface area contributed by atoms with Crippen molar-refractivity contribution in [2.75, 3.05) is 11.9 Å². The molecule has 1 aromatic carbocycles. The first-order valence-electron chi connectivity index (χ1n) is 6.18. The molecule has 1 saturated heterocycles. The molecule has 2 atom stereocenters. The van der Waals surface area contributed by atoms with Crippen LogP contribution < -0.4 is 5.32 Å². The second-order valence-corrected chi connectivity index (χ2v) is 5.88. The number of benzene rings is 1. The normalized spacial score (nSPS) is 23.1. The number of carbonyl (C=O) groups is 1. The lowest BCUT2D eigenvalue weighted by atomic mass is 10.0. The highest BCUT2D eigenvalue weighted by Crippen LogP contribution is 2.27. The third-order valence-electron chi connectivity index (χ3n) is 3.39. The molecule has 1 aliphatic rings. The second kappa shape index (κ2) is 5.41. The highest BCUT2D eigenvalue weighted by atomic mass is 79.9. The Morgan fingerprint density at radius 3 is 2.50 bits per heavy atom. The topological polar surface area (TPSA) is 38.3 Å². The average molecular weight is 312 g/mol. The number of anilines is 1. The molecule has 0 bridgehead atoms. The summed E-state index contributed by atoms with van der Waals surface area (Å²) in [5, 5.41) is 2.99. The number of carbonyl (C=O) groups excluding carboxylic acids is 1. The van der Waals surface area contributed by atoms with Gasteiger partial charge in [0.15, 0.2) is 0 Å². The summed E-state index contributed by atoms with van der Waals surface area (Å²) in [6, 6.07) is 4.00. The third kappa shape index (κ3) is 2.75. The highest BCUT2D eigenvalue weighted by molar-refractivity contribution is 9.10. The van der Waals surface area contributed by atoms with Crippen molar-refractivity contribution < 1.29 is 9.53 Å². The van der Waals surface area contributed by atoms with E-state index >= 15 is 0 Å². The highest BCUT2D eigenvalue weighted by Gasteiger charge is 2.31. The molecule has 1 amide bonds. The summed E-state index contributed by atoms with van der Waals surface area (Å²) in [7, 11) is 0. The number of hydrogen-bond donors (Lipinski definition) is 1. The van der Waals surface area contributed by atoms with Crippen LogP contribution in [0.25, 0.3) is 0 Å². The van der Waals surface area contributed by atoms with Gasteiger partial charge >= 0.3 is 0 Å². The predicted molar refractivity (Wildman–Crippen MR) is 75.8 cm³/mol. The molecular formula is C14H18BrNO2. The molecule has 1 aromatic rings. The molecule has 1 aliphatic heterocycles. The van der Waals surface area contributed by atoms with Gasteiger partial charge in [0, 0.05) is 16.8 Å². The molecule has 1 heterocycles. The number of amides is 1. The first-order chi connectivity index (χ1) is 8.49. The summed E-state index contributed by atoms with van der Waals surface area (Å²) < 4.78 is 6.51. The van der Waals surface area contributed by atoms with Gasteiger partial charge in [0.25, 0.3) is 5.91 Å². The number of ether oxygens (including phenoxy) is 1. The minimum absolute atomic E-state index is 0.0338. The lowest BCUT2D eigenvalue weighted by molar-refractivity contribution is -0.126. The van der Waals surface area contributed by atoms with Crippen LogP contribution in [0.4, 0.5) is 5.69 Å². The van der Waals surface area contributed by atoms with Gasteiger partial charge in [-0.3, -0.25) is 4.79 Å². The van der Waals surface area contributed by atoms with E-state index in [1.807, 2.05) is 26.0 Å². The maximum absolute atomic E-state index is 12.2. The Labute approximate surface area is 116 Å².